The highest BCUT2D eigenvalue weighted by atomic mass is 19.1. The molecule has 3 rings (SSSR count). The summed E-state index contributed by atoms with van der Waals surface area (Å²) in [6.07, 6.45) is 2.92. The van der Waals surface area contributed by atoms with Crippen LogP contribution < -0.4 is 10.1 Å². The Labute approximate surface area is 157 Å². The molecular weight excluding hydrogens is 349 g/mol. The van der Waals surface area contributed by atoms with Gasteiger partial charge in [0.2, 0.25) is 5.91 Å². The molecule has 1 amide bonds. The molecule has 2 aromatic carbocycles. The van der Waals surface area contributed by atoms with Gasteiger partial charge in [0.25, 0.3) is 0 Å². The fourth-order valence-electron chi connectivity index (χ4n) is 3.37. The predicted molar refractivity (Wildman–Crippen MR) is 97.8 cm³/mol. The van der Waals surface area contributed by atoms with E-state index in [1.807, 2.05) is 12.1 Å². The summed E-state index contributed by atoms with van der Waals surface area (Å²) in [4.78, 5) is 23.7. The molecule has 142 valence electrons. The third kappa shape index (κ3) is 5.06. The maximum absolute atomic E-state index is 12.9. The van der Waals surface area contributed by atoms with Crippen LogP contribution >= 0.6 is 0 Å². The van der Waals surface area contributed by atoms with Crippen molar-refractivity contribution >= 4 is 11.9 Å². The number of rotatable bonds is 6. The van der Waals surface area contributed by atoms with Gasteiger partial charge in [0.1, 0.15) is 17.3 Å². The maximum atomic E-state index is 12.9. The van der Waals surface area contributed by atoms with E-state index in [0.717, 1.165) is 18.4 Å². The lowest BCUT2D eigenvalue weighted by Gasteiger charge is -2.27. The van der Waals surface area contributed by atoms with Crippen LogP contribution in [0.15, 0.2) is 48.5 Å². The molecule has 0 aliphatic heterocycles. The van der Waals surface area contributed by atoms with E-state index in [0.29, 0.717) is 30.9 Å². The number of carbonyl (C=O) groups is 2. The first-order chi connectivity index (χ1) is 13.0. The second kappa shape index (κ2) is 8.66. The molecular formula is C21H22FNO4. The van der Waals surface area contributed by atoms with Crippen LogP contribution in [0.2, 0.25) is 0 Å². The summed E-state index contributed by atoms with van der Waals surface area (Å²) in [5, 5.41) is 12.1. The molecule has 0 saturated heterocycles. The Hall–Kier alpha value is -2.89. The Balaban J connectivity index is 1.54. The highest BCUT2D eigenvalue weighted by Crippen LogP contribution is 2.30. The zero-order valence-electron chi connectivity index (χ0n) is 14.9. The Bertz CT molecular complexity index is 789. The predicted octanol–water partition coefficient (Wildman–Crippen LogP) is 4.13. The molecule has 5 nitrogen and oxygen atoms in total. The lowest BCUT2D eigenvalue weighted by Crippen LogP contribution is -2.39. The van der Waals surface area contributed by atoms with Gasteiger partial charge < -0.3 is 15.2 Å². The number of aliphatic carboxylic acids is 1. The van der Waals surface area contributed by atoms with E-state index in [-0.39, 0.29) is 11.7 Å². The quantitative estimate of drug-likeness (QED) is 0.801. The van der Waals surface area contributed by atoms with Crippen LogP contribution in [0.25, 0.3) is 0 Å². The standard InChI is InChI=1S/C21H22FNO4/c22-15-7-11-17(12-8-15)27-16-9-5-14(6-10-16)13-23-20(24)18-3-1-2-4-19(18)21(25)26/h5-12,18-19H,1-4,13H2,(H,23,24)(H,25,26). The van der Waals surface area contributed by atoms with Crippen molar-refractivity contribution in [2.24, 2.45) is 11.8 Å². The topological polar surface area (TPSA) is 75.6 Å². The van der Waals surface area contributed by atoms with Gasteiger partial charge in [-0.1, -0.05) is 25.0 Å². The Morgan fingerprint density at radius 2 is 1.52 bits per heavy atom. The van der Waals surface area contributed by atoms with Gasteiger partial charge in [0.05, 0.1) is 11.8 Å². The smallest absolute Gasteiger partial charge is 0.307 e. The summed E-state index contributed by atoms with van der Waals surface area (Å²) in [5.41, 5.74) is 0.887. The second-order valence-corrected chi connectivity index (χ2v) is 6.75. The highest BCUT2D eigenvalue weighted by molar-refractivity contribution is 5.84. The average Bonchev–Trinajstić information content (AvgIpc) is 2.69. The summed E-state index contributed by atoms with van der Waals surface area (Å²) in [6.45, 7) is 0.332. The first-order valence-corrected chi connectivity index (χ1v) is 9.06. The molecule has 2 atom stereocenters. The summed E-state index contributed by atoms with van der Waals surface area (Å²) in [6, 6.07) is 12.9. The molecule has 0 heterocycles. The molecule has 0 aromatic heterocycles. The number of carboxylic acids is 1. The fraction of sp³-hybridized carbons (Fsp3) is 0.333. The maximum Gasteiger partial charge on any atom is 0.307 e. The van der Waals surface area contributed by atoms with Gasteiger partial charge in [0.15, 0.2) is 0 Å². The van der Waals surface area contributed by atoms with Gasteiger partial charge in [-0.2, -0.15) is 0 Å². The number of benzene rings is 2. The zero-order chi connectivity index (χ0) is 19.2. The molecule has 1 saturated carbocycles. The van der Waals surface area contributed by atoms with Crippen molar-refractivity contribution in [3.05, 3.63) is 59.9 Å². The van der Waals surface area contributed by atoms with Crippen LogP contribution in [0.4, 0.5) is 4.39 Å². The number of nitrogens with one attached hydrogen (secondary N) is 1. The molecule has 0 bridgehead atoms. The van der Waals surface area contributed by atoms with Crippen LogP contribution in [0.3, 0.4) is 0 Å². The summed E-state index contributed by atoms with van der Waals surface area (Å²) >= 11 is 0. The van der Waals surface area contributed by atoms with Gasteiger partial charge >= 0.3 is 5.97 Å². The first-order valence-electron chi connectivity index (χ1n) is 9.06. The van der Waals surface area contributed by atoms with Crippen LogP contribution in [0.5, 0.6) is 11.5 Å². The van der Waals surface area contributed by atoms with Crippen molar-refractivity contribution in [3.63, 3.8) is 0 Å². The summed E-state index contributed by atoms with van der Waals surface area (Å²) in [5.74, 6) is -1.32. The molecule has 27 heavy (non-hydrogen) atoms. The molecule has 1 aliphatic rings. The van der Waals surface area contributed by atoms with Gasteiger partial charge in [-0.15, -0.1) is 0 Å². The average molecular weight is 371 g/mol. The number of amides is 1. The lowest BCUT2D eigenvalue weighted by atomic mass is 9.78. The van der Waals surface area contributed by atoms with E-state index in [1.165, 1.54) is 12.1 Å². The normalized spacial score (nSPS) is 19.3. The van der Waals surface area contributed by atoms with Gasteiger partial charge in [-0.05, 0) is 54.8 Å². The van der Waals surface area contributed by atoms with Crippen LogP contribution in [0.1, 0.15) is 31.2 Å². The Morgan fingerprint density at radius 1 is 0.963 bits per heavy atom. The number of ether oxygens (including phenoxy) is 1. The second-order valence-electron chi connectivity index (χ2n) is 6.75. The minimum Gasteiger partial charge on any atom is -0.481 e. The number of halogens is 1. The van der Waals surface area contributed by atoms with Crippen molar-refractivity contribution in [3.8, 4) is 11.5 Å². The number of carbonyl (C=O) groups excluding carboxylic acids is 1. The van der Waals surface area contributed by atoms with Crippen molar-refractivity contribution in [2.45, 2.75) is 32.2 Å². The van der Waals surface area contributed by atoms with Gasteiger partial charge in [-0.3, -0.25) is 9.59 Å². The largest absolute Gasteiger partial charge is 0.481 e. The van der Waals surface area contributed by atoms with Gasteiger partial charge in [0, 0.05) is 6.54 Å². The minimum atomic E-state index is -0.892. The molecule has 1 fully saturated rings. The first kappa shape index (κ1) is 18.9. The van der Waals surface area contributed by atoms with E-state index in [2.05, 4.69) is 5.32 Å². The van der Waals surface area contributed by atoms with Crippen molar-refractivity contribution in [1.29, 1.82) is 0 Å². The molecule has 2 unspecified atom stereocenters. The van der Waals surface area contributed by atoms with E-state index in [9.17, 15) is 19.1 Å². The fourth-order valence-corrected chi connectivity index (χ4v) is 3.37. The van der Waals surface area contributed by atoms with Crippen molar-refractivity contribution in [1.82, 2.24) is 5.32 Å². The molecule has 2 N–H and O–H groups in total. The molecule has 6 heteroatoms. The monoisotopic (exact) mass is 371 g/mol. The third-order valence-electron chi connectivity index (χ3n) is 4.86. The molecule has 1 aliphatic carbocycles. The van der Waals surface area contributed by atoms with Gasteiger partial charge in [-0.25, -0.2) is 4.39 Å². The van der Waals surface area contributed by atoms with E-state index < -0.39 is 17.8 Å². The van der Waals surface area contributed by atoms with Crippen LogP contribution in [0, 0.1) is 17.7 Å². The van der Waals surface area contributed by atoms with Crippen LogP contribution in [-0.4, -0.2) is 17.0 Å². The van der Waals surface area contributed by atoms with E-state index >= 15 is 0 Å². The Kier molecular flexibility index (Phi) is 6.06. The Morgan fingerprint density at radius 3 is 2.11 bits per heavy atom. The highest BCUT2D eigenvalue weighted by Gasteiger charge is 2.35. The van der Waals surface area contributed by atoms with Crippen molar-refractivity contribution in [2.75, 3.05) is 0 Å². The molecule has 0 radical (unpaired) electrons. The number of hydrogen-bond acceptors (Lipinski definition) is 3. The SMILES string of the molecule is O=C(O)C1CCCCC1C(=O)NCc1ccc(Oc2ccc(F)cc2)cc1. The summed E-state index contributed by atoms with van der Waals surface area (Å²) in [7, 11) is 0. The van der Waals surface area contributed by atoms with E-state index in [4.69, 9.17) is 4.74 Å². The van der Waals surface area contributed by atoms with Crippen LogP contribution in [-0.2, 0) is 16.1 Å². The molecule has 2 aromatic rings. The summed E-state index contributed by atoms with van der Waals surface area (Å²) < 4.78 is 18.5. The zero-order valence-corrected chi connectivity index (χ0v) is 14.9. The minimum absolute atomic E-state index is 0.200. The van der Waals surface area contributed by atoms with E-state index in [1.54, 1.807) is 24.3 Å². The number of carboxylic acid groups (broad SMARTS) is 1. The van der Waals surface area contributed by atoms with Crippen molar-refractivity contribution < 1.29 is 23.8 Å². The third-order valence-corrected chi connectivity index (χ3v) is 4.86. The molecule has 0 spiro atoms. The lowest BCUT2D eigenvalue weighted by molar-refractivity contribution is -0.148. The number of hydrogen-bond donors (Lipinski definition) is 2.